The van der Waals surface area contributed by atoms with Gasteiger partial charge in [0.25, 0.3) is 0 Å². The van der Waals surface area contributed by atoms with E-state index in [-0.39, 0.29) is 12.5 Å². The number of piperidine rings is 1. The fourth-order valence-electron chi connectivity index (χ4n) is 3.22. The average molecular weight is 315 g/mol. The van der Waals surface area contributed by atoms with Gasteiger partial charge >= 0.3 is 11.1 Å². The number of aromatic nitrogens is 2. The van der Waals surface area contributed by atoms with Gasteiger partial charge in [-0.25, -0.2) is 0 Å². The normalized spacial score (nSPS) is 15.1. The molecule has 6 heteroatoms. The van der Waals surface area contributed by atoms with Gasteiger partial charge in [0.05, 0.1) is 11.0 Å². The second kappa shape index (κ2) is 6.40. The van der Waals surface area contributed by atoms with Gasteiger partial charge in [-0.05, 0) is 38.3 Å². The molecule has 1 aliphatic rings. The van der Waals surface area contributed by atoms with E-state index >= 15 is 0 Å². The van der Waals surface area contributed by atoms with Crippen LogP contribution in [-0.2, 0) is 17.9 Å². The van der Waals surface area contributed by atoms with Gasteiger partial charge in [0.2, 0.25) is 5.91 Å². The van der Waals surface area contributed by atoms with E-state index < -0.39 is 11.1 Å². The van der Waals surface area contributed by atoms with Gasteiger partial charge in [0, 0.05) is 19.6 Å². The van der Waals surface area contributed by atoms with Crippen molar-refractivity contribution in [3.05, 3.63) is 45.0 Å². The lowest BCUT2D eigenvalue weighted by atomic mass is 10.1. The molecular formula is C17H21N3O3. The number of likely N-dealkylation sites (tertiary alicyclic amines) is 1. The third-order valence-corrected chi connectivity index (χ3v) is 4.45. The van der Waals surface area contributed by atoms with E-state index in [0.717, 1.165) is 32.4 Å². The van der Waals surface area contributed by atoms with Crippen molar-refractivity contribution in [3.8, 4) is 0 Å². The summed E-state index contributed by atoms with van der Waals surface area (Å²) in [7, 11) is 0. The highest BCUT2D eigenvalue weighted by Gasteiger charge is 2.19. The number of carbonyl (C=O) groups excluding carboxylic acids is 1. The third-order valence-electron chi connectivity index (χ3n) is 4.45. The van der Waals surface area contributed by atoms with E-state index in [4.69, 9.17) is 0 Å². The fourth-order valence-corrected chi connectivity index (χ4v) is 3.22. The van der Waals surface area contributed by atoms with Gasteiger partial charge < -0.3 is 9.47 Å². The molecule has 0 N–H and O–H groups in total. The lowest BCUT2D eigenvalue weighted by Gasteiger charge is -2.27. The molecule has 2 heterocycles. The number of para-hydroxylation sites is 2. The SMILES string of the molecule is CCn1c(=O)c(=O)n(CC(=O)N2CCCCC2)c2ccccc21. The Labute approximate surface area is 133 Å². The smallest absolute Gasteiger partial charge is 0.317 e. The highest BCUT2D eigenvalue weighted by Crippen LogP contribution is 2.12. The number of hydrogen-bond donors (Lipinski definition) is 0. The molecule has 1 aromatic heterocycles. The lowest BCUT2D eigenvalue weighted by molar-refractivity contribution is -0.132. The first kappa shape index (κ1) is 15.5. The minimum atomic E-state index is -0.629. The zero-order chi connectivity index (χ0) is 16.4. The fraction of sp³-hybridized carbons (Fsp3) is 0.471. The van der Waals surface area contributed by atoms with Crippen molar-refractivity contribution in [2.45, 2.75) is 39.3 Å². The minimum Gasteiger partial charge on any atom is -0.341 e. The Morgan fingerprint density at radius 3 is 2.13 bits per heavy atom. The second-order valence-electron chi connectivity index (χ2n) is 5.87. The summed E-state index contributed by atoms with van der Waals surface area (Å²) in [5.74, 6) is -0.0920. The van der Waals surface area contributed by atoms with Gasteiger partial charge in [-0.15, -0.1) is 0 Å². The van der Waals surface area contributed by atoms with E-state index in [1.54, 1.807) is 11.0 Å². The van der Waals surface area contributed by atoms with Crippen LogP contribution in [0.15, 0.2) is 33.9 Å². The summed E-state index contributed by atoms with van der Waals surface area (Å²) >= 11 is 0. The minimum absolute atomic E-state index is 0.0703. The molecule has 0 unspecified atom stereocenters. The molecule has 0 atom stereocenters. The third kappa shape index (κ3) is 2.81. The average Bonchev–Trinajstić information content (AvgIpc) is 2.60. The van der Waals surface area contributed by atoms with Gasteiger partial charge in [-0.2, -0.15) is 0 Å². The van der Waals surface area contributed by atoms with Crippen molar-refractivity contribution in [2.24, 2.45) is 0 Å². The molecule has 0 radical (unpaired) electrons. The molecule has 6 nitrogen and oxygen atoms in total. The van der Waals surface area contributed by atoms with E-state index in [0.29, 0.717) is 17.6 Å². The molecule has 1 fully saturated rings. The van der Waals surface area contributed by atoms with Crippen molar-refractivity contribution in [1.29, 1.82) is 0 Å². The number of benzene rings is 1. The maximum atomic E-state index is 12.5. The Kier molecular flexibility index (Phi) is 4.32. The molecule has 0 saturated carbocycles. The van der Waals surface area contributed by atoms with E-state index in [2.05, 4.69) is 0 Å². The van der Waals surface area contributed by atoms with E-state index in [1.165, 1.54) is 9.13 Å². The number of carbonyl (C=O) groups is 1. The van der Waals surface area contributed by atoms with Crippen LogP contribution in [-0.4, -0.2) is 33.0 Å². The maximum Gasteiger partial charge on any atom is 0.317 e. The van der Waals surface area contributed by atoms with Crippen molar-refractivity contribution in [2.75, 3.05) is 13.1 Å². The highest BCUT2D eigenvalue weighted by molar-refractivity contribution is 5.80. The summed E-state index contributed by atoms with van der Waals surface area (Å²) < 4.78 is 2.78. The Hall–Kier alpha value is -2.37. The zero-order valence-electron chi connectivity index (χ0n) is 13.3. The standard InChI is InChI=1S/C17H21N3O3/c1-2-19-13-8-4-5-9-14(13)20(17(23)16(19)22)12-15(21)18-10-6-3-7-11-18/h4-5,8-9H,2-3,6-7,10-12H2,1H3. The number of aryl methyl sites for hydroxylation is 1. The zero-order valence-corrected chi connectivity index (χ0v) is 13.3. The van der Waals surface area contributed by atoms with Gasteiger partial charge in [-0.1, -0.05) is 12.1 Å². The Morgan fingerprint density at radius 2 is 1.52 bits per heavy atom. The van der Waals surface area contributed by atoms with Crippen LogP contribution in [0.5, 0.6) is 0 Å². The first-order chi connectivity index (χ1) is 11.1. The Balaban J connectivity index is 2.07. The molecule has 0 spiro atoms. The van der Waals surface area contributed by atoms with Crippen LogP contribution in [0.25, 0.3) is 11.0 Å². The number of nitrogens with zero attached hydrogens (tertiary/aromatic N) is 3. The molecular weight excluding hydrogens is 294 g/mol. The van der Waals surface area contributed by atoms with Gasteiger partial charge in [0.15, 0.2) is 0 Å². The molecule has 1 aliphatic heterocycles. The number of amides is 1. The van der Waals surface area contributed by atoms with Crippen molar-refractivity contribution in [1.82, 2.24) is 14.0 Å². The van der Waals surface area contributed by atoms with E-state index in [9.17, 15) is 14.4 Å². The summed E-state index contributed by atoms with van der Waals surface area (Å²) in [6.07, 6.45) is 3.14. The first-order valence-electron chi connectivity index (χ1n) is 8.13. The molecule has 1 aromatic carbocycles. The lowest BCUT2D eigenvalue weighted by Crippen LogP contribution is -2.45. The molecule has 1 amide bonds. The first-order valence-corrected chi connectivity index (χ1v) is 8.13. The molecule has 2 aromatic rings. The van der Waals surface area contributed by atoms with E-state index in [1.807, 2.05) is 25.1 Å². The number of rotatable bonds is 3. The van der Waals surface area contributed by atoms with Gasteiger partial charge in [0.1, 0.15) is 6.54 Å². The van der Waals surface area contributed by atoms with Crippen LogP contribution in [0, 0.1) is 0 Å². The summed E-state index contributed by atoms with van der Waals surface area (Å²) in [6.45, 7) is 3.65. The largest absolute Gasteiger partial charge is 0.341 e. The van der Waals surface area contributed by atoms with Crippen molar-refractivity contribution >= 4 is 16.9 Å². The van der Waals surface area contributed by atoms with Crippen LogP contribution in [0.2, 0.25) is 0 Å². The second-order valence-corrected chi connectivity index (χ2v) is 5.87. The van der Waals surface area contributed by atoms with Gasteiger partial charge in [-0.3, -0.25) is 19.0 Å². The molecule has 1 saturated heterocycles. The molecule has 122 valence electrons. The molecule has 0 aliphatic carbocycles. The van der Waals surface area contributed by atoms with Crippen molar-refractivity contribution in [3.63, 3.8) is 0 Å². The Bertz CT molecular complexity index is 844. The molecule has 23 heavy (non-hydrogen) atoms. The monoisotopic (exact) mass is 315 g/mol. The maximum absolute atomic E-state index is 12.5. The van der Waals surface area contributed by atoms with Crippen LogP contribution in [0.4, 0.5) is 0 Å². The van der Waals surface area contributed by atoms with Crippen LogP contribution in [0.1, 0.15) is 26.2 Å². The predicted molar refractivity (Wildman–Crippen MR) is 88.6 cm³/mol. The quantitative estimate of drug-likeness (QED) is 0.799. The summed E-state index contributed by atoms with van der Waals surface area (Å²) in [5.41, 5.74) is 0.115. The van der Waals surface area contributed by atoms with Crippen LogP contribution < -0.4 is 11.1 Å². The predicted octanol–water partition coefficient (Wildman–Crippen LogP) is 1.20. The number of hydrogen-bond acceptors (Lipinski definition) is 3. The van der Waals surface area contributed by atoms with Crippen LogP contribution in [0.3, 0.4) is 0 Å². The topological polar surface area (TPSA) is 64.3 Å². The molecule has 3 rings (SSSR count). The summed E-state index contributed by atoms with van der Waals surface area (Å²) in [4.78, 5) is 39.0. The highest BCUT2D eigenvalue weighted by atomic mass is 16.2. The Morgan fingerprint density at radius 1 is 0.957 bits per heavy atom. The summed E-state index contributed by atoms with van der Waals surface area (Å²) in [5, 5.41) is 0. The summed E-state index contributed by atoms with van der Waals surface area (Å²) in [6, 6.07) is 7.23. The van der Waals surface area contributed by atoms with Crippen molar-refractivity contribution < 1.29 is 4.79 Å². The molecule has 0 bridgehead atoms. The van der Waals surface area contributed by atoms with Crippen LogP contribution >= 0.6 is 0 Å². The number of fused-ring (bicyclic) bond motifs is 1.